The molecule has 4 aliphatic rings. The van der Waals surface area contributed by atoms with E-state index in [1.807, 2.05) is 59.5 Å². The van der Waals surface area contributed by atoms with Crippen LogP contribution < -0.4 is 4.90 Å². The van der Waals surface area contributed by atoms with Crippen LogP contribution in [0.4, 0.5) is 5.69 Å². The molecule has 0 bridgehead atoms. The van der Waals surface area contributed by atoms with Crippen LogP contribution in [0.2, 0.25) is 0 Å². The van der Waals surface area contributed by atoms with E-state index in [0.29, 0.717) is 25.9 Å². The van der Waals surface area contributed by atoms with Crippen LogP contribution in [0.15, 0.2) is 78.7 Å². The lowest BCUT2D eigenvalue weighted by atomic mass is 9.65. The van der Waals surface area contributed by atoms with E-state index in [2.05, 4.69) is 12.6 Å². The summed E-state index contributed by atoms with van der Waals surface area (Å²) in [6.45, 7) is 5.03. The number of hydrogen-bond donors (Lipinski definition) is 0. The third kappa shape index (κ3) is 2.29. The Kier molecular flexibility index (Phi) is 3.79. The molecule has 3 heterocycles. The van der Waals surface area contributed by atoms with Crippen molar-refractivity contribution in [1.29, 1.82) is 0 Å². The molecule has 2 fully saturated rings. The van der Waals surface area contributed by atoms with Gasteiger partial charge in [-0.25, -0.2) is 8.42 Å². The number of benzene rings is 2. The van der Waals surface area contributed by atoms with E-state index in [1.165, 1.54) is 5.41 Å². The molecule has 6 rings (SSSR count). The maximum atomic E-state index is 14.0. The van der Waals surface area contributed by atoms with Crippen molar-refractivity contribution in [1.82, 2.24) is 4.31 Å². The Morgan fingerprint density at radius 1 is 1.10 bits per heavy atom. The van der Waals surface area contributed by atoms with Crippen LogP contribution in [-0.4, -0.2) is 31.2 Å². The molecule has 3 aliphatic heterocycles. The first-order valence-electron chi connectivity index (χ1n) is 10.7. The van der Waals surface area contributed by atoms with Gasteiger partial charge in [-0.15, -0.1) is 6.58 Å². The highest BCUT2D eigenvalue weighted by atomic mass is 32.2. The topological polar surface area (TPSA) is 57.7 Å². The fraction of sp³-hybridized carbons (Fsp3) is 0.320. The number of nitrogens with zero attached hydrogens (tertiary/aromatic N) is 2. The van der Waals surface area contributed by atoms with Gasteiger partial charge in [-0.3, -0.25) is 4.79 Å². The molecule has 1 saturated heterocycles. The van der Waals surface area contributed by atoms with Crippen LogP contribution in [0, 0.1) is 11.3 Å². The van der Waals surface area contributed by atoms with Crippen molar-refractivity contribution >= 4 is 21.6 Å². The Labute approximate surface area is 182 Å². The number of fused-ring (bicyclic) bond motifs is 1. The van der Waals surface area contributed by atoms with Crippen LogP contribution in [-0.2, 0) is 26.8 Å². The Morgan fingerprint density at radius 3 is 2.61 bits per heavy atom. The molecular weight excluding hydrogens is 408 g/mol. The number of rotatable bonds is 3. The van der Waals surface area contributed by atoms with E-state index < -0.39 is 20.9 Å². The van der Waals surface area contributed by atoms with Gasteiger partial charge in [0.2, 0.25) is 15.9 Å². The van der Waals surface area contributed by atoms with Crippen LogP contribution in [0.3, 0.4) is 0 Å². The summed E-state index contributed by atoms with van der Waals surface area (Å²) < 4.78 is 27.5. The number of para-hydroxylation sites is 1. The number of hydrogen-bond acceptors (Lipinski definition) is 3. The standard InChI is InChI=1S/C25H24N2O3S/c1-2-24-13-15-31(29,30)27-14-12-25(23(24)27)19-10-6-7-11-21(19)26(22(28)20(25)16-24)17-18-8-4-3-5-9-18/h2-11,13,15,20,23H,1,12,14,16-17H2/t20-,23-,24-,25-/m0/s1. The van der Waals surface area contributed by atoms with Gasteiger partial charge in [-0.1, -0.05) is 60.7 Å². The summed E-state index contributed by atoms with van der Waals surface area (Å²) in [6, 6.07) is 17.8. The fourth-order valence-electron chi connectivity index (χ4n) is 6.68. The summed E-state index contributed by atoms with van der Waals surface area (Å²) >= 11 is 0. The first-order valence-corrected chi connectivity index (χ1v) is 12.2. The highest BCUT2D eigenvalue weighted by Crippen LogP contribution is 2.67. The minimum atomic E-state index is -3.49. The molecular formula is C25H24N2O3S. The summed E-state index contributed by atoms with van der Waals surface area (Å²) in [6.07, 6.45) is 4.90. The van der Waals surface area contributed by atoms with Gasteiger partial charge in [-0.05, 0) is 30.0 Å². The van der Waals surface area contributed by atoms with E-state index in [0.717, 1.165) is 16.8 Å². The monoisotopic (exact) mass is 432 g/mol. The zero-order valence-corrected chi connectivity index (χ0v) is 18.0. The molecule has 0 radical (unpaired) electrons. The first-order chi connectivity index (χ1) is 14.9. The molecule has 1 spiro atoms. The van der Waals surface area contributed by atoms with Crippen molar-refractivity contribution < 1.29 is 13.2 Å². The zero-order valence-electron chi connectivity index (χ0n) is 17.1. The Bertz CT molecular complexity index is 1240. The van der Waals surface area contributed by atoms with E-state index in [9.17, 15) is 13.2 Å². The van der Waals surface area contributed by atoms with Gasteiger partial charge in [-0.2, -0.15) is 4.31 Å². The Morgan fingerprint density at radius 2 is 1.84 bits per heavy atom. The number of amides is 1. The van der Waals surface area contributed by atoms with E-state index >= 15 is 0 Å². The van der Waals surface area contributed by atoms with Gasteiger partial charge in [0, 0.05) is 34.5 Å². The predicted molar refractivity (Wildman–Crippen MR) is 120 cm³/mol. The highest BCUT2D eigenvalue weighted by Gasteiger charge is 2.72. The first kappa shape index (κ1) is 19.0. The molecule has 0 aromatic heterocycles. The minimum Gasteiger partial charge on any atom is -0.307 e. The third-order valence-electron chi connectivity index (χ3n) is 7.91. The SMILES string of the molecule is C=C[C@]12C=CS(=O)(=O)N3CC[C@@]4(c5ccccc5N(Cc5ccccc5)C(=O)[C@@H]4C1)[C@@H]32. The smallest absolute Gasteiger partial charge is 0.236 e. The molecule has 1 amide bonds. The number of anilines is 1. The summed E-state index contributed by atoms with van der Waals surface area (Å²) in [5.41, 5.74) is 2.02. The normalized spacial score (nSPS) is 34.8. The van der Waals surface area contributed by atoms with Gasteiger partial charge >= 0.3 is 0 Å². The Hall–Kier alpha value is -2.70. The molecule has 31 heavy (non-hydrogen) atoms. The zero-order chi connectivity index (χ0) is 21.4. The van der Waals surface area contributed by atoms with Gasteiger partial charge in [0.05, 0.1) is 12.5 Å². The predicted octanol–water partition coefficient (Wildman–Crippen LogP) is 3.59. The second-order valence-electron chi connectivity index (χ2n) is 9.15. The van der Waals surface area contributed by atoms with Crippen LogP contribution in [0.1, 0.15) is 24.0 Å². The molecule has 5 nitrogen and oxygen atoms in total. The summed E-state index contributed by atoms with van der Waals surface area (Å²) in [4.78, 5) is 15.9. The van der Waals surface area contributed by atoms with Crippen molar-refractivity contribution in [3.05, 3.63) is 89.9 Å². The van der Waals surface area contributed by atoms with E-state index in [-0.39, 0.29) is 17.9 Å². The van der Waals surface area contributed by atoms with Gasteiger partial charge in [0.15, 0.2) is 0 Å². The number of sulfonamides is 1. The van der Waals surface area contributed by atoms with Crippen LogP contribution in [0.25, 0.3) is 0 Å². The summed E-state index contributed by atoms with van der Waals surface area (Å²) in [5, 5.41) is 1.32. The molecule has 6 heteroatoms. The molecule has 2 aromatic rings. The third-order valence-corrected chi connectivity index (χ3v) is 9.44. The van der Waals surface area contributed by atoms with Crippen molar-refractivity contribution in [3.8, 4) is 0 Å². The molecule has 2 aromatic carbocycles. The lowest BCUT2D eigenvalue weighted by Gasteiger charge is -2.47. The molecule has 158 valence electrons. The fourth-order valence-corrected chi connectivity index (χ4v) is 8.29. The average molecular weight is 433 g/mol. The number of carbonyl (C=O) groups is 1. The lowest BCUT2D eigenvalue weighted by molar-refractivity contribution is -0.125. The lowest BCUT2D eigenvalue weighted by Crippen LogP contribution is -2.55. The minimum absolute atomic E-state index is 0.0887. The molecule has 4 atom stereocenters. The molecule has 0 unspecified atom stereocenters. The van der Waals surface area contributed by atoms with Gasteiger partial charge in [0.1, 0.15) is 0 Å². The van der Waals surface area contributed by atoms with Gasteiger partial charge in [0.25, 0.3) is 0 Å². The van der Waals surface area contributed by atoms with Crippen molar-refractivity contribution in [2.45, 2.75) is 30.8 Å². The summed E-state index contributed by atoms with van der Waals surface area (Å²) in [5.74, 6) is -0.192. The molecule has 0 N–H and O–H groups in total. The quantitative estimate of drug-likeness (QED) is 0.697. The maximum absolute atomic E-state index is 14.0. The van der Waals surface area contributed by atoms with Crippen LogP contribution in [0.5, 0.6) is 0 Å². The van der Waals surface area contributed by atoms with Crippen molar-refractivity contribution in [3.63, 3.8) is 0 Å². The summed E-state index contributed by atoms with van der Waals surface area (Å²) in [7, 11) is -3.49. The second-order valence-corrected chi connectivity index (χ2v) is 10.9. The van der Waals surface area contributed by atoms with E-state index in [4.69, 9.17) is 0 Å². The van der Waals surface area contributed by atoms with Crippen molar-refractivity contribution in [2.75, 3.05) is 11.4 Å². The van der Waals surface area contributed by atoms with Gasteiger partial charge < -0.3 is 4.90 Å². The van der Waals surface area contributed by atoms with Crippen LogP contribution >= 0.6 is 0 Å². The second kappa shape index (κ2) is 6.17. The molecule has 1 aliphatic carbocycles. The van der Waals surface area contributed by atoms with E-state index in [1.54, 1.807) is 10.4 Å². The maximum Gasteiger partial charge on any atom is 0.236 e. The van der Waals surface area contributed by atoms with Crippen molar-refractivity contribution in [2.24, 2.45) is 11.3 Å². The Balaban J connectivity index is 1.57. The molecule has 1 saturated carbocycles. The number of carbonyl (C=O) groups excluding carboxylic acids is 1. The average Bonchev–Trinajstić information content (AvgIpc) is 3.33. The largest absolute Gasteiger partial charge is 0.307 e. The highest BCUT2D eigenvalue weighted by molar-refractivity contribution is 7.92.